The van der Waals surface area contributed by atoms with Gasteiger partial charge in [-0.15, -0.1) is 0 Å². The van der Waals surface area contributed by atoms with Gasteiger partial charge in [0, 0.05) is 13.5 Å². The van der Waals surface area contributed by atoms with Crippen LogP contribution in [-0.4, -0.2) is 14.9 Å². The lowest BCUT2D eigenvalue weighted by Crippen LogP contribution is -2.08. The Morgan fingerprint density at radius 3 is 2.82 bits per heavy atom. The number of aromatic nitrogens is 2. The zero-order valence-electron chi connectivity index (χ0n) is 9.89. The van der Waals surface area contributed by atoms with E-state index in [2.05, 4.69) is 11.2 Å². The normalized spacial score (nSPS) is 12.7. The summed E-state index contributed by atoms with van der Waals surface area (Å²) in [7, 11) is 1.78. The van der Waals surface area contributed by atoms with Gasteiger partial charge in [0.1, 0.15) is 6.10 Å². The van der Waals surface area contributed by atoms with Gasteiger partial charge in [0.15, 0.2) is 0 Å². The number of aliphatic hydroxyl groups excluding tert-OH is 1. The summed E-state index contributed by atoms with van der Waals surface area (Å²) in [4.78, 5) is 0. The van der Waals surface area contributed by atoms with E-state index in [9.17, 15) is 5.11 Å². The van der Waals surface area contributed by atoms with Crippen molar-refractivity contribution in [2.24, 2.45) is 7.05 Å². The molecular weight excluding hydrogens is 236 g/mol. The molecule has 0 saturated carbocycles. The number of aliphatic hydroxyl groups is 1. The van der Waals surface area contributed by atoms with Gasteiger partial charge in [-0.25, -0.2) is 0 Å². The number of aryl methyl sites for hydroxylation is 2. The molecule has 0 fully saturated rings. The first-order valence-corrected chi connectivity index (χ1v) is 5.86. The Morgan fingerprint density at radius 1 is 1.47 bits per heavy atom. The first kappa shape index (κ1) is 12.1. The fourth-order valence-electron chi connectivity index (χ4n) is 1.95. The molecule has 2 rings (SSSR count). The van der Waals surface area contributed by atoms with Crippen LogP contribution < -0.4 is 0 Å². The Morgan fingerprint density at radius 2 is 2.24 bits per heavy atom. The van der Waals surface area contributed by atoms with Crippen molar-refractivity contribution in [3.05, 3.63) is 52.3 Å². The third-order valence-electron chi connectivity index (χ3n) is 2.76. The first-order chi connectivity index (χ1) is 8.08. The highest BCUT2D eigenvalue weighted by molar-refractivity contribution is 6.31. The third-order valence-corrected chi connectivity index (χ3v) is 3.06. The lowest BCUT2D eigenvalue weighted by atomic mass is 10.0. The largest absolute Gasteiger partial charge is 0.386 e. The summed E-state index contributed by atoms with van der Waals surface area (Å²) in [5.41, 5.74) is 2.94. The quantitative estimate of drug-likeness (QED) is 0.910. The second-order valence-corrected chi connectivity index (χ2v) is 4.62. The molecule has 0 aliphatic heterocycles. The monoisotopic (exact) mass is 250 g/mol. The number of hydrogen-bond acceptors (Lipinski definition) is 2. The standard InChI is InChI=1S/C13H15ClN2O/c1-9-4-3-5-10(6-9)7-12(17)13-11(14)8-15-16(13)2/h3-6,8,12,17H,7H2,1-2H3. The average Bonchev–Trinajstić information content (AvgIpc) is 2.58. The van der Waals surface area contributed by atoms with Crippen LogP contribution in [0.1, 0.15) is 22.9 Å². The minimum Gasteiger partial charge on any atom is -0.386 e. The molecule has 17 heavy (non-hydrogen) atoms. The van der Waals surface area contributed by atoms with Crippen LogP contribution in [0.5, 0.6) is 0 Å². The van der Waals surface area contributed by atoms with Crippen LogP contribution >= 0.6 is 11.6 Å². The summed E-state index contributed by atoms with van der Waals surface area (Å²) in [5.74, 6) is 0. The van der Waals surface area contributed by atoms with E-state index < -0.39 is 6.10 Å². The Hall–Kier alpha value is -1.32. The average molecular weight is 251 g/mol. The number of nitrogens with zero attached hydrogens (tertiary/aromatic N) is 2. The van der Waals surface area contributed by atoms with Gasteiger partial charge in [-0.05, 0) is 12.5 Å². The highest BCUT2D eigenvalue weighted by atomic mass is 35.5. The van der Waals surface area contributed by atoms with Gasteiger partial charge >= 0.3 is 0 Å². The van der Waals surface area contributed by atoms with Crippen molar-refractivity contribution in [2.45, 2.75) is 19.4 Å². The van der Waals surface area contributed by atoms with Gasteiger partial charge in [-0.1, -0.05) is 41.4 Å². The number of halogens is 1. The van der Waals surface area contributed by atoms with Gasteiger partial charge in [0.05, 0.1) is 16.9 Å². The van der Waals surface area contributed by atoms with Crippen molar-refractivity contribution in [3.63, 3.8) is 0 Å². The highest BCUT2D eigenvalue weighted by Gasteiger charge is 2.16. The minimum absolute atomic E-state index is 0.507. The van der Waals surface area contributed by atoms with Crippen molar-refractivity contribution < 1.29 is 5.11 Å². The molecule has 1 atom stereocenters. The van der Waals surface area contributed by atoms with E-state index >= 15 is 0 Å². The lowest BCUT2D eigenvalue weighted by Gasteiger charge is -2.12. The minimum atomic E-state index is -0.628. The highest BCUT2D eigenvalue weighted by Crippen LogP contribution is 2.25. The second-order valence-electron chi connectivity index (χ2n) is 4.21. The molecule has 0 spiro atoms. The van der Waals surface area contributed by atoms with Crippen LogP contribution in [0.3, 0.4) is 0 Å². The van der Waals surface area contributed by atoms with Crippen LogP contribution in [0.15, 0.2) is 30.5 Å². The van der Waals surface area contributed by atoms with Crippen molar-refractivity contribution in [2.75, 3.05) is 0 Å². The molecule has 0 aliphatic rings. The summed E-state index contributed by atoms with van der Waals surface area (Å²) in [6, 6.07) is 8.09. The van der Waals surface area contributed by atoms with E-state index in [0.717, 1.165) is 5.56 Å². The lowest BCUT2D eigenvalue weighted by molar-refractivity contribution is 0.168. The van der Waals surface area contributed by atoms with Gasteiger partial charge in [-0.3, -0.25) is 4.68 Å². The Bertz CT molecular complexity index is 502. The van der Waals surface area contributed by atoms with Crippen molar-refractivity contribution in [3.8, 4) is 0 Å². The number of hydrogen-bond donors (Lipinski definition) is 1. The van der Waals surface area contributed by atoms with Crippen LogP contribution in [0, 0.1) is 6.92 Å². The third kappa shape index (κ3) is 2.68. The van der Waals surface area contributed by atoms with Gasteiger partial charge in [0.2, 0.25) is 0 Å². The Balaban J connectivity index is 2.20. The topological polar surface area (TPSA) is 38.1 Å². The summed E-state index contributed by atoms with van der Waals surface area (Å²) < 4.78 is 1.61. The maximum absolute atomic E-state index is 10.2. The van der Waals surface area contributed by atoms with E-state index in [1.807, 2.05) is 25.1 Å². The number of rotatable bonds is 3. The molecule has 0 bridgehead atoms. The smallest absolute Gasteiger partial charge is 0.101 e. The molecule has 1 heterocycles. The Labute approximate surface area is 106 Å². The number of benzene rings is 1. The molecule has 1 aromatic heterocycles. The van der Waals surface area contributed by atoms with Crippen molar-refractivity contribution in [1.82, 2.24) is 9.78 Å². The molecule has 4 heteroatoms. The maximum atomic E-state index is 10.2. The molecule has 3 nitrogen and oxygen atoms in total. The maximum Gasteiger partial charge on any atom is 0.101 e. The molecule has 1 aromatic carbocycles. The molecule has 1 unspecified atom stereocenters. The predicted octanol–water partition coefficient (Wildman–Crippen LogP) is 2.66. The van der Waals surface area contributed by atoms with Gasteiger partial charge < -0.3 is 5.11 Å². The van der Waals surface area contributed by atoms with Crippen molar-refractivity contribution in [1.29, 1.82) is 0 Å². The van der Waals surface area contributed by atoms with Gasteiger partial charge in [0.25, 0.3) is 0 Å². The van der Waals surface area contributed by atoms with Crippen LogP contribution in [0.25, 0.3) is 0 Å². The molecule has 1 N–H and O–H groups in total. The molecule has 0 amide bonds. The molecular formula is C13H15ClN2O. The van der Waals surface area contributed by atoms with E-state index in [-0.39, 0.29) is 0 Å². The first-order valence-electron chi connectivity index (χ1n) is 5.49. The van der Waals surface area contributed by atoms with Crippen LogP contribution in [0.2, 0.25) is 5.02 Å². The zero-order valence-corrected chi connectivity index (χ0v) is 10.6. The SMILES string of the molecule is Cc1cccc(CC(O)c2c(Cl)cnn2C)c1. The predicted molar refractivity (Wildman–Crippen MR) is 68.1 cm³/mol. The van der Waals surface area contributed by atoms with E-state index in [4.69, 9.17) is 11.6 Å². The zero-order chi connectivity index (χ0) is 12.4. The summed E-state index contributed by atoms with van der Waals surface area (Å²) >= 11 is 5.99. The van der Waals surface area contributed by atoms with E-state index in [0.29, 0.717) is 17.1 Å². The van der Waals surface area contributed by atoms with Crippen LogP contribution in [-0.2, 0) is 13.5 Å². The van der Waals surface area contributed by atoms with E-state index in [1.54, 1.807) is 17.9 Å². The second kappa shape index (κ2) is 4.90. The summed E-state index contributed by atoms with van der Waals surface area (Å²) in [6.07, 6.45) is 1.47. The Kier molecular flexibility index (Phi) is 3.50. The molecule has 0 radical (unpaired) electrons. The van der Waals surface area contributed by atoms with Crippen LogP contribution in [0.4, 0.5) is 0 Å². The summed E-state index contributed by atoms with van der Waals surface area (Å²) in [6.45, 7) is 2.03. The molecule has 90 valence electrons. The summed E-state index contributed by atoms with van der Waals surface area (Å²) in [5, 5.41) is 14.7. The van der Waals surface area contributed by atoms with Crippen molar-refractivity contribution >= 4 is 11.6 Å². The fourth-order valence-corrected chi connectivity index (χ4v) is 2.25. The molecule has 0 aliphatic carbocycles. The molecule has 2 aromatic rings. The van der Waals surface area contributed by atoms with E-state index in [1.165, 1.54) is 5.56 Å². The van der Waals surface area contributed by atoms with Gasteiger partial charge in [-0.2, -0.15) is 5.10 Å². The fraction of sp³-hybridized carbons (Fsp3) is 0.308. The molecule has 0 saturated heterocycles.